The third-order valence-electron chi connectivity index (χ3n) is 2.90. The van der Waals surface area contributed by atoms with Gasteiger partial charge in [0.1, 0.15) is 17.4 Å². The Hall–Kier alpha value is -1.87. The maximum absolute atomic E-state index is 12.9. The number of carbonyl (C=O) groups is 1. The van der Waals surface area contributed by atoms with Crippen molar-refractivity contribution in [3.8, 4) is 0 Å². The van der Waals surface area contributed by atoms with E-state index in [2.05, 4.69) is 10.3 Å². The second-order valence-corrected chi connectivity index (χ2v) is 6.17. The lowest BCUT2D eigenvalue weighted by Gasteiger charge is -2.22. The van der Waals surface area contributed by atoms with Gasteiger partial charge < -0.3 is 20.3 Å². The van der Waals surface area contributed by atoms with Crippen LogP contribution in [0, 0.1) is 0 Å². The molecule has 0 aromatic carbocycles. The Morgan fingerprint density at radius 1 is 1.33 bits per heavy atom. The van der Waals surface area contributed by atoms with E-state index >= 15 is 0 Å². The van der Waals surface area contributed by atoms with Crippen LogP contribution in [-0.4, -0.2) is 39.5 Å². The Labute approximate surface area is 137 Å². The van der Waals surface area contributed by atoms with Crippen molar-refractivity contribution in [3.63, 3.8) is 0 Å². The van der Waals surface area contributed by atoms with Crippen molar-refractivity contribution in [3.05, 3.63) is 29.6 Å². The van der Waals surface area contributed by atoms with E-state index in [0.29, 0.717) is 0 Å². The molecule has 0 spiro atoms. The molecule has 0 saturated heterocycles. The number of aliphatic hydroxyl groups excluding tert-OH is 2. The topological polar surface area (TPSA) is 91.7 Å². The normalized spacial score (nSPS) is 14.8. The molecule has 0 saturated carbocycles. The molecule has 0 aliphatic carbocycles. The summed E-state index contributed by atoms with van der Waals surface area (Å²) < 4.78 is 43.6. The minimum absolute atomic E-state index is 0.0746. The van der Waals surface area contributed by atoms with Gasteiger partial charge in [0.15, 0.2) is 0 Å². The number of carbonyl (C=O) groups excluding carboxylic acids is 1. The van der Waals surface area contributed by atoms with Gasteiger partial charge in [-0.05, 0) is 33.3 Å². The summed E-state index contributed by atoms with van der Waals surface area (Å²) in [6, 6.07) is 2.28. The lowest BCUT2D eigenvalue weighted by molar-refractivity contribution is -0.143. The van der Waals surface area contributed by atoms with E-state index in [9.17, 15) is 28.2 Å². The molecule has 2 atom stereocenters. The van der Waals surface area contributed by atoms with Crippen molar-refractivity contribution in [2.24, 2.45) is 0 Å². The minimum Gasteiger partial charge on any atom is -0.444 e. The van der Waals surface area contributed by atoms with Gasteiger partial charge in [-0.1, -0.05) is 6.07 Å². The fraction of sp³-hybridized carbons (Fsp3) is 0.600. The Kier molecular flexibility index (Phi) is 6.56. The zero-order valence-corrected chi connectivity index (χ0v) is 13.6. The maximum atomic E-state index is 12.9. The Balaban J connectivity index is 2.63. The Morgan fingerprint density at radius 3 is 2.50 bits per heavy atom. The van der Waals surface area contributed by atoms with Crippen LogP contribution >= 0.6 is 0 Å². The molecule has 2 unspecified atom stereocenters. The van der Waals surface area contributed by atoms with Crippen LogP contribution in [0.4, 0.5) is 18.0 Å². The lowest BCUT2D eigenvalue weighted by atomic mass is 10.0. The van der Waals surface area contributed by atoms with E-state index in [-0.39, 0.29) is 13.0 Å². The summed E-state index contributed by atoms with van der Waals surface area (Å²) in [7, 11) is 0. The summed E-state index contributed by atoms with van der Waals surface area (Å²) in [5.41, 5.74) is -2.47. The van der Waals surface area contributed by atoms with Gasteiger partial charge >= 0.3 is 12.3 Å². The molecule has 0 radical (unpaired) electrons. The van der Waals surface area contributed by atoms with Gasteiger partial charge in [-0.3, -0.25) is 4.98 Å². The SMILES string of the molecule is CC(C)(C)OC(=O)NCCC(O)C(O)c1cccnc1C(F)(F)F. The molecule has 1 amide bonds. The number of alkyl carbamates (subject to hydrolysis) is 1. The van der Waals surface area contributed by atoms with Gasteiger partial charge in [-0.15, -0.1) is 0 Å². The number of hydrogen-bond donors (Lipinski definition) is 3. The molecule has 3 N–H and O–H groups in total. The van der Waals surface area contributed by atoms with Gasteiger partial charge in [0.25, 0.3) is 0 Å². The van der Waals surface area contributed by atoms with E-state index in [4.69, 9.17) is 4.74 Å². The van der Waals surface area contributed by atoms with Crippen molar-refractivity contribution in [2.45, 2.75) is 51.2 Å². The van der Waals surface area contributed by atoms with Crippen LogP contribution in [0.25, 0.3) is 0 Å². The lowest BCUT2D eigenvalue weighted by Crippen LogP contribution is -2.35. The number of pyridine rings is 1. The van der Waals surface area contributed by atoms with Crippen LogP contribution < -0.4 is 5.32 Å². The number of aliphatic hydroxyl groups is 2. The van der Waals surface area contributed by atoms with Crippen LogP contribution in [0.15, 0.2) is 18.3 Å². The number of amides is 1. The average molecular weight is 350 g/mol. The van der Waals surface area contributed by atoms with Crippen molar-refractivity contribution < 1.29 is 32.9 Å². The zero-order valence-electron chi connectivity index (χ0n) is 13.6. The van der Waals surface area contributed by atoms with Gasteiger partial charge in [-0.2, -0.15) is 13.2 Å². The highest BCUT2D eigenvalue weighted by atomic mass is 19.4. The predicted octanol–water partition coefficient (Wildman–Crippen LogP) is 2.41. The number of nitrogens with zero attached hydrogens (tertiary/aromatic N) is 1. The van der Waals surface area contributed by atoms with Crippen molar-refractivity contribution in [1.82, 2.24) is 10.3 Å². The summed E-state index contributed by atoms with van der Waals surface area (Å²) in [6.07, 6.45) is -7.96. The van der Waals surface area contributed by atoms with Gasteiger partial charge in [0.2, 0.25) is 0 Å². The van der Waals surface area contributed by atoms with Gasteiger partial charge in [-0.25, -0.2) is 4.79 Å². The molecular weight excluding hydrogens is 329 g/mol. The third-order valence-corrected chi connectivity index (χ3v) is 2.90. The summed E-state index contributed by atoms with van der Waals surface area (Å²) in [4.78, 5) is 14.6. The number of aromatic nitrogens is 1. The van der Waals surface area contributed by atoms with Crippen LogP contribution in [0.2, 0.25) is 0 Å². The summed E-state index contributed by atoms with van der Waals surface area (Å²) in [6.45, 7) is 4.94. The molecular formula is C15H21F3N2O4. The third kappa shape index (κ3) is 6.32. The molecule has 24 heavy (non-hydrogen) atoms. The molecule has 1 rings (SSSR count). The first kappa shape index (κ1) is 20.2. The number of ether oxygens (including phenoxy) is 1. The molecule has 0 bridgehead atoms. The predicted molar refractivity (Wildman–Crippen MR) is 79.1 cm³/mol. The molecule has 1 aromatic heterocycles. The van der Waals surface area contributed by atoms with E-state index in [1.54, 1.807) is 20.8 Å². The van der Waals surface area contributed by atoms with E-state index in [1.165, 1.54) is 6.07 Å². The molecule has 136 valence electrons. The van der Waals surface area contributed by atoms with Crippen LogP contribution in [-0.2, 0) is 10.9 Å². The first-order chi connectivity index (χ1) is 10.9. The first-order valence-corrected chi connectivity index (χ1v) is 7.27. The first-order valence-electron chi connectivity index (χ1n) is 7.27. The monoisotopic (exact) mass is 350 g/mol. The largest absolute Gasteiger partial charge is 0.444 e. The highest BCUT2D eigenvalue weighted by Crippen LogP contribution is 2.34. The molecule has 9 heteroatoms. The molecule has 0 fully saturated rings. The van der Waals surface area contributed by atoms with Gasteiger partial charge in [0, 0.05) is 18.3 Å². The standard InChI is InChI=1S/C15H21F3N2O4/c1-14(2,3)24-13(23)20-8-6-10(21)11(22)9-5-4-7-19-12(9)15(16,17)18/h4-5,7,10-11,21-22H,6,8H2,1-3H3,(H,20,23). The van der Waals surface area contributed by atoms with Crippen molar-refractivity contribution in [1.29, 1.82) is 0 Å². The number of hydrogen-bond acceptors (Lipinski definition) is 5. The average Bonchev–Trinajstić information content (AvgIpc) is 2.43. The van der Waals surface area contributed by atoms with Crippen LogP contribution in [0.3, 0.4) is 0 Å². The smallest absolute Gasteiger partial charge is 0.433 e. The molecule has 0 aliphatic heterocycles. The fourth-order valence-electron chi connectivity index (χ4n) is 1.89. The highest BCUT2D eigenvalue weighted by molar-refractivity contribution is 5.67. The summed E-state index contributed by atoms with van der Waals surface area (Å²) >= 11 is 0. The number of alkyl halides is 3. The van der Waals surface area contributed by atoms with E-state index < -0.39 is 41.3 Å². The second kappa shape index (κ2) is 7.80. The maximum Gasteiger partial charge on any atom is 0.433 e. The van der Waals surface area contributed by atoms with Crippen molar-refractivity contribution >= 4 is 6.09 Å². The Bertz CT molecular complexity index is 558. The molecule has 1 heterocycles. The Morgan fingerprint density at radius 2 is 1.96 bits per heavy atom. The van der Waals surface area contributed by atoms with Crippen LogP contribution in [0.5, 0.6) is 0 Å². The number of rotatable bonds is 5. The zero-order chi connectivity index (χ0) is 18.5. The molecule has 6 nitrogen and oxygen atoms in total. The van der Waals surface area contributed by atoms with Gasteiger partial charge in [0.05, 0.1) is 6.10 Å². The number of nitrogens with one attached hydrogen (secondary N) is 1. The number of halogens is 3. The quantitative estimate of drug-likeness (QED) is 0.758. The second-order valence-electron chi connectivity index (χ2n) is 6.17. The molecule has 0 aliphatic rings. The summed E-state index contributed by atoms with van der Waals surface area (Å²) in [5, 5.41) is 22.2. The van der Waals surface area contributed by atoms with E-state index in [0.717, 1.165) is 12.3 Å². The van der Waals surface area contributed by atoms with Crippen LogP contribution in [0.1, 0.15) is 44.6 Å². The summed E-state index contributed by atoms with van der Waals surface area (Å²) in [5.74, 6) is 0. The van der Waals surface area contributed by atoms with E-state index in [1.807, 2.05) is 0 Å². The highest BCUT2D eigenvalue weighted by Gasteiger charge is 2.38. The minimum atomic E-state index is -4.74. The molecule has 1 aromatic rings. The van der Waals surface area contributed by atoms with Crippen molar-refractivity contribution in [2.75, 3.05) is 6.54 Å². The fourth-order valence-corrected chi connectivity index (χ4v) is 1.89.